The number of ether oxygens (including phenoxy) is 1. The number of carbonyl (C=O) groups excluding carboxylic acids is 1. The second kappa shape index (κ2) is 8.14. The highest BCUT2D eigenvalue weighted by Crippen LogP contribution is 2.24. The first-order valence-electron chi connectivity index (χ1n) is 8.16. The van der Waals surface area contributed by atoms with Crippen LogP contribution in [0, 0.1) is 0 Å². The summed E-state index contributed by atoms with van der Waals surface area (Å²) < 4.78 is 5.39. The second-order valence-electron chi connectivity index (χ2n) is 6.21. The van der Waals surface area contributed by atoms with Gasteiger partial charge in [0, 0.05) is 23.5 Å². The van der Waals surface area contributed by atoms with E-state index in [4.69, 9.17) is 4.74 Å². The standard InChI is InChI=1S/C18H27NO2S/c1-4-5-14-22-16-8-6-15(7-9-16)17(20)18(2,3)19-10-12-21-13-11-19/h6-9H,4-5,10-14H2,1-3H3. The number of benzene rings is 1. The number of unbranched alkanes of at least 4 members (excludes halogenated alkanes) is 1. The number of hydrogen-bond donors (Lipinski definition) is 0. The molecule has 0 spiro atoms. The van der Waals surface area contributed by atoms with Crippen molar-refractivity contribution < 1.29 is 9.53 Å². The van der Waals surface area contributed by atoms with E-state index in [1.165, 1.54) is 17.7 Å². The number of rotatable bonds is 7. The van der Waals surface area contributed by atoms with Crippen molar-refractivity contribution in [3.05, 3.63) is 29.8 Å². The van der Waals surface area contributed by atoms with Crippen molar-refractivity contribution in [2.24, 2.45) is 0 Å². The average molecular weight is 321 g/mol. The largest absolute Gasteiger partial charge is 0.379 e. The molecule has 0 unspecified atom stereocenters. The monoisotopic (exact) mass is 321 g/mol. The van der Waals surface area contributed by atoms with E-state index in [9.17, 15) is 4.79 Å². The number of thioether (sulfide) groups is 1. The maximum Gasteiger partial charge on any atom is 0.182 e. The van der Waals surface area contributed by atoms with Crippen molar-refractivity contribution in [3.63, 3.8) is 0 Å². The van der Waals surface area contributed by atoms with Gasteiger partial charge in [-0.1, -0.05) is 25.5 Å². The van der Waals surface area contributed by atoms with Crippen molar-refractivity contribution >= 4 is 17.5 Å². The molecular weight excluding hydrogens is 294 g/mol. The summed E-state index contributed by atoms with van der Waals surface area (Å²) in [6.07, 6.45) is 2.45. The molecule has 0 amide bonds. The fourth-order valence-corrected chi connectivity index (χ4v) is 3.65. The van der Waals surface area contributed by atoms with E-state index in [2.05, 4.69) is 24.0 Å². The van der Waals surface area contributed by atoms with E-state index >= 15 is 0 Å². The molecule has 1 aliphatic rings. The molecule has 0 saturated carbocycles. The first-order valence-corrected chi connectivity index (χ1v) is 9.14. The maximum atomic E-state index is 12.8. The Kier molecular flexibility index (Phi) is 6.48. The lowest BCUT2D eigenvalue weighted by atomic mass is 9.91. The van der Waals surface area contributed by atoms with Gasteiger partial charge >= 0.3 is 0 Å². The van der Waals surface area contributed by atoms with Crippen LogP contribution in [0.3, 0.4) is 0 Å². The smallest absolute Gasteiger partial charge is 0.182 e. The van der Waals surface area contributed by atoms with Crippen molar-refractivity contribution in [3.8, 4) is 0 Å². The van der Waals surface area contributed by atoms with Gasteiger partial charge in [0.15, 0.2) is 5.78 Å². The molecule has 0 aliphatic carbocycles. The van der Waals surface area contributed by atoms with Gasteiger partial charge in [0.05, 0.1) is 18.8 Å². The molecule has 1 saturated heterocycles. The van der Waals surface area contributed by atoms with Gasteiger partial charge in [-0.25, -0.2) is 0 Å². The molecule has 1 heterocycles. The molecule has 22 heavy (non-hydrogen) atoms. The second-order valence-corrected chi connectivity index (χ2v) is 7.38. The third-order valence-electron chi connectivity index (χ3n) is 4.24. The molecule has 0 aromatic heterocycles. The Hall–Kier alpha value is -0.840. The number of hydrogen-bond acceptors (Lipinski definition) is 4. The van der Waals surface area contributed by atoms with Gasteiger partial charge in [0.1, 0.15) is 0 Å². The first-order chi connectivity index (χ1) is 10.6. The molecule has 2 rings (SSSR count). The summed E-state index contributed by atoms with van der Waals surface area (Å²) >= 11 is 1.86. The van der Waals surface area contributed by atoms with E-state index in [1.54, 1.807) is 0 Å². The Morgan fingerprint density at radius 1 is 1.23 bits per heavy atom. The van der Waals surface area contributed by atoms with Crippen molar-refractivity contribution in [2.45, 2.75) is 44.0 Å². The zero-order valence-electron chi connectivity index (χ0n) is 13.9. The summed E-state index contributed by atoms with van der Waals surface area (Å²) in [5.74, 6) is 1.34. The van der Waals surface area contributed by atoms with E-state index in [1.807, 2.05) is 37.7 Å². The van der Waals surface area contributed by atoms with Gasteiger partial charge in [-0.2, -0.15) is 0 Å². The summed E-state index contributed by atoms with van der Waals surface area (Å²) in [5, 5.41) is 0. The lowest BCUT2D eigenvalue weighted by Crippen LogP contribution is -2.54. The molecule has 1 aromatic carbocycles. The molecular formula is C18H27NO2S. The van der Waals surface area contributed by atoms with Crippen LogP contribution in [0.4, 0.5) is 0 Å². The number of morpholine rings is 1. The van der Waals surface area contributed by atoms with Crippen molar-refractivity contribution in [1.29, 1.82) is 0 Å². The zero-order chi connectivity index (χ0) is 16.0. The quantitative estimate of drug-likeness (QED) is 0.433. The van der Waals surface area contributed by atoms with Gasteiger partial charge in [-0.3, -0.25) is 9.69 Å². The van der Waals surface area contributed by atoms with Crippen molar-refractivity contribution in [1.82, 2.24) is 4.90 Å². The predicted molar refractivity (Wildman–Crippen MR) is 92.9 cm³/mol. The molecule has 1 aliphatic heterocycles. The lowest BCUT2D eigenvalue weighted by Gasteiger charge is -2.39. The fraction of sp³-hybridized carbons (Fsp3) is 0.611. The molecule has 4 heteroatoms. The van der Waals surface area contributed by atoms with Gasteiger partial charge in [0.25, 0.3) is 0 Å². The van der Waals surface area contributed by atoms with Gasteiger partial charge in [-0.05, 0) is 38.2 Å². The summed E-state index contributed by atoms with van der Waals surface area (Å²) in [5.41, 5.74) is 0.331. The zero-order valence-corrected chi connectivity index (χ0v) is 14.7. The molecule has 122 valence electrons. The van der Waals surface area contributed by atoms with E-state index in [0.717, 1.165) is 24.4 Å². The van der Waals surface area contributed by atoms with Gasteiger partial charge in [0.2, 0.25) is 0 Å². The van der Waals surface area contributed by atoms with Crippen LogP contribution in [0.25, 0.3) is 0 Å². The maximum absolute atomic E-state index is 12.8. The summed E-state index contributed by atoms with van der Waals surface area (Å²) in [7, 11) is 0. The van der Waals surface area contributed by atoms with Crippen LogP contribution in [-0.2, 0) is 4.74 Å². The minimum absolute atomic E-state index is 0.194. The Labute approximate surface area is 138 Å². The molecule has 1 aromatic rings. The number of Topliss-reactive ketones (excluding diaryl/α,β-unsaturated/α-hetero) is 1. The van der Waals surface area contributed by atoms with Crippen LogP contribution in [0.15, 0.2) is 29.2 Å². The third-order valence-corrected chi connectivity index (χ3v) is 5.34. The number of ketones is 1. The van der Waals surface area contributed by atoms with E-state index in [0.29, 0.717) is 13.2 Å². The lowest BCUT2D eigenvalue weighted by molar-refractivity contribution is -0.00430. The van der Waals surface area contributed by atoms with Gasteiger partial charge in [-0.15, -0.1) is 11.8 Å². The molecule has 0 atom stereocenters. The van der Waals surface area contributed by atoms with Crippen LogP contribution in [-0.4, -0.2) is 48.3 Å². The van der Waals surface area contributed by atoms with Crippen LogP contribution < -0.4 is 0 Å². The highest BCUT2D eigenvalue weighted by Gasteiger charge is 2.35. The summed E-state index contributed by atoms with van der Waals surface area (Å²) in [4.78, 5) is 16.3. The van der Waals surface area contributed by atoms with Crippen LogP contribution >= 0.6 is 11.8 Å². The summed E-state index contributed by atoms with van der Waals surface area (Å²) in [6, 6.07) is 8.09. The fourth-order valence-electron chi connectivity index (χ4n) is 2.66. The third kappa shape index (κ3) is 4.34. The van der Waals surface area contributed by atoms with Crippen LogP contribution in [0.5, 0.6) is 0 Å². The minimum Gasteiger partial charge on any atom is -0.379 e. The average Bonchev–Trinajstić information content (AvgIpc) is 2.56. The van der Waals surface area contributed by atoms with Crippen molar-refractivity contribution in [2.75, 3.05) is 32.1 Å². The Morgan fingerprint density at radius 2 is 1.86 bits per heavy atom. The number of nitrogens with zero attached hydrogens (tertiary/aromatic N) is 1. The Morgan fingerprint density at radius 3 is 2.45 bits per heavy atom. The molecule has 3 nitrogen and oxygen atoms in total. The minimum atomic E-state index is -0.472. The van der Waals surface area contributed by atoms with E-state index < -0.39 is 5.54 Å². The van der Waals surface area contributed by atoms with Crippen LogP contribution in [0.1, 0.15) is 44.0 Å². The highest BCUT2D eigenvalue weighted by atomic mass is 32.2. The molecule has 1 fully saturated rings. The highest BCUT2D eigenvalue weighted by molar-refractivity contribution is 7.99. The first kappa shape index (κ1) is 17.5. The Bertz CT molecular complexity index is 478. The SMILES string of the molecule is CCCCSc1ccc(C(=O)C(C)(C)N2CCOCC2)cc1. The Balaban J connectivity index is 2.01. The van der Waals surface area contributed by atoms with Gasteiger partial charge < -0.3 is 4.74 Å². The normalized spacial score (nSPS) is 16.7. The molecule has 0 radical (unpaired) electrons. The van der Waals surface area contributed by atoms with Crippen LogP contribution in [0.2, 0.25) is 0 Å². The predicted octanol–water partition coefficient (Wildman–Crippen LogP) is 3.87. The summed E-state index contributed by atoms with van der Waals surface area (Å²) in [6.45, 7) is 9.31. The number of carbonyl (C=O) groups is 1. The molecule has 0 N–H and O–H groups in total. The molecule has 0 bridgehead atoms. The van der Waals surface area contributed by atoms with E-state index in [-0.39, 0.29) is 5.78 Å². The topological polar surface area (TPSA) is 29.5 Å².